The highest BCUT2D eigenvalue weighted by Crippen LogP contribution is 2.08. The second-order valence-corrected chi connectivity index (χ2v) is 3.03. The summed E-state index contributed by atoms with van der Waals surface area (Å²) in [6, 6.07) is 3.64. The van der Waals surface area contributed by atoms with Crippen molar-refractivity contribution in [3.05, 3.63) is 32.7 Å². The monoisotopic (exact) mass is 187 g/mol. The van der Waals surface area contributed by atoms with Crippen LogP contribution in [0, 0.1) is 36.5 Å². The van der Waals surface area contributed by atoms with Gasteiger partial charge in [-0.3, -0.25) is 4.79 Å². The van der Waals surface area contributed by atoms with Crippen molar-refractivity contribution < 1.29 is 0 Å². The number of nitrogens with zero attached hydrogens (tertiary/aromatic N) is 3. The van der Waals surface area contributed by atoms with Gasteiger partial charge in [0.15, 0.2) is 0 Å². The molecule has 14 heavy (non-hydrogen) atoms. The van der Waals surface area contributed by atoms with Crippen molar-refractivity contribution in [2.24, 2.45) is 7.05 Å². The summed E-state index contributed by atoms with van der Waals surface area (Å²) in [7, 11) is 1.73. The van der Waals surface area contributed by atoms with Gasteiger partial charge in [0.1, 0.15) is 23.3 Å². The van der Waals surface area contributed by atoms with E-state index in [0.717, 1.165) is 0 Å². The predicted molar refractivity (Wildman–Crippen MR) is 50.6 cm³/mol. The lowest BCUT2D eigenvalue weighted by atomic mass is 10.1. The fourth-order valence-electron chi connectivity index (χ4n) is 1.30. The Bertz CT molecular complexity index is 482. The van der Waals surface area contributed by atoms with Crippen LogP contribution in [0.2, 0.25) is 0 Å². The topological polar surface area (TPSA) is 69.6 Å². The van der Waals surface area contributed by atoms with Crippen molar-refractivity contribution in [1.82, 2.24) is 4.57 Å². The van der Waals surface area contributed by atoms with Gasteiger partial charge in [-0.1, -0.05) is 0 Å². The van der Waals surface area contributed by atoms with E-state index in [0.29, 0.717) is 11.4 Å². The highest BCUT2D eigenvalue weighted by molar-refractivity contribution is 5.44. The highest BCUT2D eigenvalue weighted by Gasteiger charge is 2.14. The SMILES string of the molecule is Cc1c(C#N)c(=O)c(C#N)c(C)n1C. The third-order valence-electron chi connectivity index (χ3n) is 2.41. The first-order chi connectivity index (χ1) is 6.54. The molecule has 1 aromatic rings. The zero-order valence-corrected chi connectivity index (χ0v) is 8.25. The molecule has 1 rings (SSSR count). The van der Waals surface area contributed by atoms with E-state index < -0.39 is 5.43 Å². The van der Waals surface area contributed by atoms with Crippen LogP contribution in [0.25, 0.3) is 0 Å². The molecule has 0 saturated carbocycles. The van der Waals surface area contributed by atoms with E-state index in [-0.39, 0.29) is 11.1 Å². The number of hydrogen-bond acceptors (Lipinski definition) is 3. The van der Waals surface area contributed by atoms with E-state index in [2.05, 4.69) is 0 Å². The van der Waals surface area contributed by atoms with E-state index in [1.165, 1.54) is 0 Å². The van der Waals surface area contributed by atoms with Crippen LogP contribution in [0.15, 0.2) is 4.79 Å². The fraction of sp³-hybridized carbons (Fsp3) is 0.300. The van der Waals surface area contributed by atoms with E-state index in [1.54, 1.807) is 25.5 Å². The van der Waals surface area contributed by atoms with Gasteiger partial charge in [0.05, 0.1) is 0 Å². The van der Waals surface area contributed by atoms with Crippen molar-refractivity contribution in [2.45, 2.75) is 13.8 Å². The summed E-state index contributed by atoms with van der Waals surface area (Å²) < 4.78 is 1.68. The normalized spacial score (nSPS) is 9.21. The average Bonchev–Trinajstić information content (AvgIpc) is 2.16. The first kappa shape index (κ1) is 10.0. The second kappa shape index (κ2) is 3.35. The molecule has 4 nitrogen and oxygen atoms in total. The van der Waals surface area contributed by atoms with Gasteiger partial charge in [0.25, 0.3) is 0 Å². The van der Waals surface area contributed by atoms with Crippen LogP contribution in [0.1, 0.15) is 22.5 Å². The minimum atomic E-state index is -0.469. The highest BCUT2D eigenvalue weighted by atomic mass is 16.1. The molecule has 1 aromatic heterocycles. The van der Waals surface area contributed by atoms with E-state index >= 15 is 0 Å². The summed E-state index contributed by atoms with van der Waals surface area (Å²) in [5, 5.41) is 17.5. The first-order valence-corrected chi connectivity index (χ1v) is 4.05. The minimum Gasteiger partial charge on any atom is -0.349 e. The smallest absolute Gasteiger partial charge is 0.217 e. The van der Waals surface area contributed by atoms with Gasteiger partial charge in [0.2, 0.25) is 5.43 Å². The quantitative estimate of drug-likeness (QED) is 0.601. The Morgan fingerprint density at radius 3 is 1.71 bits per heavy atom. The lowest BCUT2D eigenvalue weighted by molar-refractivity contribution is 0.804. The molecule has 0 unspecified atom stereocenters. The van der Waals surface area contributed by atoms with Gasteiger partial charge in [-0.05, 0) is 13.8 Å². The van der Waals surface area contributed by atoms with Crippen LogP contribution in [-0.2, 0) is 7.05 Å². The molecule has 0 aliphatic carbocycles. The molecular weight excluding hydrogens is 178 g/mol. The molecule has 0 N–H and O–H groups in total. The second-order valence-electron chi connectivity index (χ2n) is 3.03. The maximum Gasteiger partial charge on any atom is 0.217 e. The first-order valence-electron chi connectivity index (χ1n) is 4.05. The third-order valence-corrected chi connectivity index (χ3v) is 2.41. The van der Waals surface area contributed by atoms with Gasteiger partial charge in [0, 0.05) is 18.4 Å². The standard InChI is InChI=1S/C10H9N3O/c1-6-8(4-11)10(14)9(5-12)7(2)13(6)3/h1-3H3. The summed E-state index contributed by atoms with van der Waals surface area (Å²) >= 11 is 0. The molecule has 0 aliphatic heterocycles. The molecule has 4 heteroatoms. The summed E-state index contributed by atoms with van der Waals surface area (Å²) in [6.07, 6.45) is 0. The maximum atomic E-state index is 11.6. The fourth-order valence-corrected chi connectivity index (χ4v) is 1.30. The molecule has 0 radical (unpaired) electrons. The van der Waals surface area contributed by atoms with Crippen molar-refractivity contribution >= 4 is 0 Å². The van der Waals surface area contributed by atoms with Gasteiger partial charge < -0.3 is 4.57 Å². The zero-order valence-electron chi connectivity index (χ0n) is 8.25. The summed E-state index contributed by atoms with van der Waals surface area (Å²) in [4.78, 5) is 11.6. The summed E-state index contributed by atoms with van der Waals surface area (Å²) in [5.41, 5.74) is 0.815. The third kappa shape index (κ3) is 1.18. The Balaban J connectivity index is 3.89. The van der Waals surface area contributed by atoms with Crippen LogP contribution in [0.5, 0.6) is 0 Å². The van der Waals surface area contributed by atoms with Gasteiger partial charge in [-0.15, -0.1) is 0 Å². The Labute approximate surface area is 81.6 Å². The molecule has 0 aliphatic rings. The van der Waals surface area contributed by atoms with Crippen LogP contribution in [0.4, 0.5) is 0 Å². The molecule has 1 heterocycles. The number of aromatic nitrogens is 1. The van der Waals surface area contributed by atoms with E-state index in [1.807, 2.05) is 12.1 Å². The van der Waals surface area contributed by atoms with Crippen LogP contribution < -0.4 is 5.43 Å². The van der Waals surface area contributed by atoms with Crippen molar-refractivity contribution in [1.29, 1.82) is 10.5 Å². The van der Waals surface area contributed by atoms with Gasteiger partial charge >= 0.3 is 0 Å². The largest absolute Gasteiger partial charge is 0.349 e. The Morgan fingerprint density at radius 1 is 1.07 bits per heavy atom. The van der Waals surface area contributed by atoms with Gasteiger partial charge in [-0.2, -0.15) is 10.5 Å². The number of rotatable bonds is 0. The van der Waals surface area contributed by atoms with E-state index in [4.69, 9.17) is 10.5 Å². The molecule has 0 fully saturated rings. The number of hydrogen-bond donors (Lipinski definition) is 0. The lowest BCUT2D eigenvalue weighted by Gasteiger charge is -2.10. The predicted octanol–water partition coefficient (Wildman–Crippen LogP) is 0.745. The molecule has 0 aromatic carbocycles. The molecule has 0 saturated heterocycles. The van der Waals surface area contributed by atoms with Gasteiger partial charge in [-0.25, -0.2) is 0 Å². The zero-order chi connectivity index (χ0) is 10.9. The maximum absolute atomic E-state index is 11.6. The molecule has 0 amide bonds. The Hall–Kier alpha value is -2.07. The molecule has 0 bridgehead atoms. The minimum absolute atomic E-state index is 0.0506. The van der Waals surface area contributed by atoms with Crippen LogP contribution >= 0.6 is 0 Å². The number of pyridine rings is 1. The molecule has 0 atom stereocenters. The lowest BCUT2D eigenvalue weighted by Crippen LogP contribution is -2.20. The van der Waals surface area contributed by atoms with Crippen molar-refractivity contribution in [3.8, 4) is 12.1 Å². The Morgan fingerprint density at radius 2 is 1.43 bits per heavy atom. The summed E-state index contributed by atoms with van der Waals surface area (Å²) in [5.74, 6) is 0. The summed E-state index contributed by atoms with van der Waals surface area (Å²) in [6.45, 7) is 3.38. The van der Waals surface area contributed by atoms with Crippen LogP contribution in [0.3, 0.4) is 0 Å². The molecule has 70 valence electrons. The molecular formula is C10H9N3O. The Kier molecular flexibility index (Phi) is 2.40. The average molecular weight is 187 g/mol. The van der Waals surface area contributed by atoms with E-state index in [9.17, 15) is 4.79 Å². The van der Waals surface area contributed by atoms with Crippen LogP contribution in [-0.4, -0.2) is 4.57 Å². The number of nitriles is 2. The van der Waals surface area contributed by atoms with Crippen molar-refractivity contribution in [2.75, 3.05) is 0 Å². The molecule has 0 spiro atoms. The van der Waals surface area contributed by atoms with Crippen molar-refractivity contribution in [3.63, 3.8) is 0 Å².